The first-order valence-corrected chi connectivity index (χ1v) is 9.68. The van der Waals surface area contributed by atoms with Gasteiger partial charge in [-0.15, -0.1) is 0 Å². The number of aromatic nitrogens is 2. The smallest absolute Gasteiger partial charge is 0.431 e. The second kappa shape index (κ2) is 7.77. The zero-order valence-electron chi connectivity index (χ0n) is 16.2. The van der Waals surface area contributed by atoms with Crippen LogP contribution in [0, 0.1) is 11.6 Å². The van der Waals surface area contributed by atoms with E-state index >= 15 is 0 Å². The average molecular weight is 425 g/mol. The molecule has 30 heavy (non-hydrogen) atoms. The van der Waals surface area contributed by atoms with Crippen molar-refractivity contribution < 1.29 is 26.7 Å². The maximum Gasteiger partial charge on any atom is 0.431 e. The van der Waals surface area contributed by atoms with E-state index in [1.165, 1.54) is 19.2 Å². The Morgan fingerprint density at radius 2 is 1.73 bits per heavy atom. The maximum atomic E-state index is 14.8. The summed E-state index contributed by atoms with van der Waals surface area (Å²) < 4.78 is 76.5. The largest absolute Gasteiger partial charge is 0.497 e. The minimum absolute atomic E-state index is 0.0321. The lowest BCUT2D eigenvalue weighted by Crippen LogP contribution is -2.24. The van der Waals surface area contributed by atoms with Crippen molar-refractivity contribution in [2.24, 2.45) is 0 Å². The summed E-state index contributed by atoms with van der Waals surface area (Å²) in [6.45, 7) is 0. The summed E-state index contributed by atoms with van der Waals surface area (Å²) in [5.74, 6) is -2.02. The van der Waals surface area contributed by atoms with Gasteiger partial charge in [0.15, 0.2) is 0 Å². The lowest BCUT2D eigenvalue weighted by Gasteiger charge is -2.25. The molecule has 4 nitrogen and oxygen atoms in total. The first kappa shape index (κ1) is 20.4. The minimum atomic E-state index is -4.67. The lowest BCUT2D eigenvalue weighted by atomic mass is 9.95. The lowest BCUT2D eigenvalue weighted by molar-refractivity contribution is -0.141. The Kier molecular flexibility index (Phi) is 5.29. The van der Waals surface area contributed by atoms with E-state index < -0.39 is 29.1 Å². The van der Waals surface area contributed by atoms with Crippen LogP contribution in [0.1, 0.15) is 37.8 Å². The standard InChI is InChI=1S/C21H20F5N3O/c1-30-13-10-14(22)18(15(23)11-13)19-20(27-12-6-3-2-4-7-12)29-16(21(24,25)26)8-5-9-17(29)28-19/h5,8-12,27H,2-4,6-7H2,1H3. The van der Waals surface area contributed by atoms with Gasteiger partial charge >= 0.3 is 6.18 Å². The fraction of sp³-hybridized carbons (Fsp3) is 0.381. The molecule has 0 unspecified atom stereocenters. The molecule has 1 saturated carbocycles. The second-order valence-corrected chi connectivity index (χ2v) is 7.36. The number of imidazole rings is 1. The normalized spacial score (nSPS) is 15.5. The number of benzene rings is 1. The van der Waals surface area contributed by atoms with Crippen molar-refractivity contribution in [3.63, 3.8) is 0 Å². The molecule has 1 aliphatic rings. The van der Waals surface area contributed by atoms with Gasteiger partial charge < -0.3 is 10.1 Å². The highest BCUT2D eigenvalue weighted by Gasteiger charge is 2.36. The van der Waals surface area contributed by atoms with Gasteiger partial charge in [0.25, 0.3) is 0 Å². The third-order valence-corrected chi connectivity index (χ3v) is 5.37. The first-order chi connectivity index (χ1) is 14.3. The highest BCUT2D eigenvalue weighted by molar-refractivity contribution is 5.78. The van der Waals surface area contributed by atoms with Crippen LogP contribution in [0.2, 0.25) is 0 Å². The summed E-state index contributed by atoms with van der Waals surface area (Å²) in [5, 5.41) is 3.10. The number of pyridine rings is 1. The Labute approximate surface area is 169 Å². The molecular weight excluding hydrogens is 405 g/mol. The molecule has 3 aromatic rings. The van der Waals surface area contributed by atoms with Gasteiger partial charge in [-0.1, -0.05) is 25.3 Å². The molecule has 160 valence electrons. The number of anilines is 1. The van der Waals surface area contributed by atoms with Crippen LogP contribution in [0.5, 0.6) is 5.75 Å². The van der Waals surface area contributed by atoms with Crippen molar-refractivity contribution in [1.29, 1.82) is 0 Å². The van der Waals surface area contributed by atoms with Crippen LogP contribution in [0.15, 0.2) is 30.3 Å². The second-order valence-electron chi connectivity index (χ2n) is 7.36. The SMILES string of the molecule is COc1cc(F)c(-c2nc3cccc(C(F)(F)F)n3c2NC2CCCCC2)c(F)c1. The van der Waals surface area contributed by atoms with Gasteiger partial charge in [-0.2, -0.15) is 13.2 Å². The molecular formula is C21H20F5N3O. The van der Waals surface area contributed by atoms with Crippen molar-refractivity contribution in [2.75, 3.05) is 12.4 Å². The Morgan fingerprint density at radius 1 is 1.07 bits per heavy atom. The van der Waals surface area contributed by atoms with Gasteiger partial charge in [0, 0.05) is 18.2 Å². The fourth-order valence-corrected chi connectivity index (χ4v) is 3.96. The highest BCUT2D eigenvalue weighted by Crippen LogP contribution is 2.39. The molecule has 2 aromatic heterocycles. The van der Waals surface area contributed by atoms with Crippen molar-refractivity contribution >= 4 is 11.5 Å². The maximum absolute atomic E-state index is 14.8. The summed E-state index contributed by atoms with van der Waals surface area (Å²) in [6, 6.07) is 5.38. The summed E-state index contributed by atoms with van der Waals surface area (Å²) in [4.78, 5) is 4.18. The fourth-order valence-electron chi connectivity index (χ4n) is 3.96. The first-order valence-electron chi connectivity index (χ1n) is 9.68. The molecule has 0 saturated heterocycles. The quantitative estimate of drug-likeness (QED) is 0.517. The Bertz CT molecular complexity index is 1050. The molecule has 0 bridgehead atoms. The number of fused-ring (bicyclic) bond motifs is 1. The predicted molar refractivity (Wildman–Crippen MR) is 103 cm³/mol. The number of ether oxygens (including phenoxy) is 1. The van der Waals surface area contributed by atoms with Gasteiger partial charge in [-0.3, -0.25) is 4.40 Å². The number of methoxy groups -OCH3 is 1. The van der Waals surface area contributed by atoms with E-state index in [1.54, 1.807) is 0 Å². The monoisotopic (exact) mass is 425 g/mol. The third kappa shape index (κ3) is 3.68. The van der Waals surface area contributed by atoms with Crippen molar-refractivity contribution in [3.05, 3.63) is 47.7 Å². The van der Waals surface area contributed by atoms with E-state index in [9.17, 15) is 22.0 Å². The van der Waals surface area contributed by atoms with Crippen molar-refractivity contribution in [2.45, 2.75) is 44.3 Å². The van der Waals surface area contributed by atoms with Crippen LogP contribution in [0.4, 0.5) is 27.8 Å². The molecule has 0 spiro atoms. The molecule has 9 heteroatoms. The van der Waals surface area contributed by atoms with Gasteiger partial charge in [-0.05, 0) is 25.0 Å². The van der Waals surface area contributed by atoms with E-state index in [2.05, 4.69) is 10.3 Å². The highest BCUT2D eigenvalue weighted by atomic mass is 19.4. The zero-order chi connectivity index (χ0) is 21.5. The Morgan fingerprint density at radius 3 is 2.33 bits per heavy atom. The van der Waals surface area contributed by atoms with Gasteiger partial charge in [-0.25, -0.2) is 13.8 Å². The van der Waals surface area contributed by atoms with E-state index in [-0.39, 0.29) is 29.0 Å². The van der Waals surface area contributed by atoms with E-state index in [4.69, 9.17) is 4.74 Å². The van der Waals surface area contributed by atoms with Crippen LogP contribution in [-0.2, 0) is 6.18 Å². The molecule has 0 radical (unpaired) electrons. The molecule has 1 aromatic carbocycles. The van der Waals surface area contributed by atoms with Crippen LogP contribution in [-0.4, -0.2) is 22.5 Å². The molecule has 0 amide bonds. The van der Waals surface area contributed by atoms with Crippen LogP contribution >= 0.6 is 0 Å². The summed E-state index contributed by atoms with van der Waals surface area (Å²) in [5.41, 5.74) is -1.71. The molecule has 0 aliphatic heterocycles. The van der Waals surface area contributed by atoms with Crippen LogP contribution < -0.4 is 10.1 Å². The van der Waals surface area contributed by atoms with Gasteiger partial charge in [0.2, 0.25) is 0 Å². The average Bonchev–Trinajstić information content (AvgIpc) is 3.05. The van der Waals surface area contributed by atoms with Crippen LogP contribution in [0.25, 0.3) is 16.9 Å². The Hall–Kier alpha value is -2.84. The third-order valence-electron chi connectivity index (χ3n) is 5.37. The van der Waals surface area contributed by atoms with E-state index in [0.29, 0.717) is 0 Å². The molecule has 1 fully saturated rings. The van der Waals surface area contributed by atoms with Gasteiger partial charge in [0.1, 0.15) is 40.2 Å². The molecule has 2 heterocycles. The predicted octanol–water partition coefficient (Wildman–Crippen LogP) is 6.05. The summed E-state index contributed by atoms with van der Waals surface area (Å²) >= 11 is 0. The van der Waals surface area contributed by atoms with E-state index in [1.807, 2.05) is 0 Å². The summed E-state index contributed by atoms with van der Waals surface area (Å²) in [7, 11) is 1.27. The summed E-state index contributed by atoms with van der Waals surface area (Å²) in [6.07, 6.45) is -0.240. The van der Waals surface area contributed by atoms with E-state index in [0.717, 1.165) is 54.7 Å². The van der Waals surface area contributed by atoms with Gasteiger partial charge in [0.05, 0.1) is 12.7 Å². The number of halogens is 5. The molecule has 1 N–H and O–H groups in total. The topological polar surface area (TPSA) is 38.6 Å². The van der Waals surface area contributed by atoms with Crippen molar-refractivity contribution in [3.8, 4) is 17.0 Å². The Balaban J connectivity index is 1.97. The number of nitrogens with zero attached hydrogens (tertiary/aromatic N) is 2. The number of alkyl halides is 3. The number of rotatable bonds is 4. The zero-order valence-corrected chi connectivity index (χ0v) is 16.2. The molecule has 0 atom stereocenters. The molecule has 1 aliphatic carbocycles. The number of nitrogens with one attached hydrogen (secondary N) is 1. The van der Waals surface area contributed by atoms with Crippen LogP contribution in [0.3, 0.4) is 0 Å². The number of hydrogen-bond acceptors (Lipinski definition) is 3. The van der Waals surface area contributed by atoms with Crippen molar-refractivity contribution in [1.82, 2.24) is 9.38 Å². The molecule has 4 rings (SSSR count). The number of hydrogen-bond donors (Lipinski definition) is 1. The minimum Gasteiger partial charge on any atom is -0.497 e.